The van der Waals surface area contributed by atoms with Crippen LogP contribution in [-0.4, -0.2) is 12.6 Å². The molecule has 0 aliphatic carbocycles. The lowest BCUT2D eigenvalue weighted by Gasteiger charge is -2.19. The SMILES string of the molecule is CC(C)Oc1ccccc1C(F)(F)CN. The van der Waals surface area contributed by atoms with Crippen molar-refractivity contribution in [3.05, 3.63) is 29.8 Å². The van der Waals surface area contributed by atoms with Gasteiger partial charge in [-0.25, -0.2) is 0 Å². The zero-order valence-electron chi connectivity index (χ0n) is 8.84. The highest BCUT2D eigenvalue weighted by molar-refractivity contribution is 5.37. The molecule has 0 spiro atoms. The molecule has 0 aromatic heterocycles. The first-order valence-corrected chi connectivity index (χ1v) is 4.81. The highest BCUT2D eigenvalue weighted by Crippen LogP contribution is 2.34. The molecule has 0 fully saturated rings. The lowest BCUT2D eigenvalue weighted by Crippen LogP contribution is -2.26. The summed E-state index contributed by atoms with van der Waals surface area (Å²) >= 11 is 0. The number of nitrogens with two attached hydrogens (primary N) is 1. The molecular formula is C11H15F2NO. The Morgan fingerprint density at radius 1 is 1.33 bits per heavy atom. The number of benzene rings is 1. The first-order valence-electron chi connectivity index (χ1n) is 4.81. The molecule has 2 N–H and O–H groups in total. The Hall–Kier alpha value is -1.16. The van der Waals surface area contributed by atoms with Gasteiger partial charge in [-0.3, -0.25) is 0 Å². The lowest BCUT2D eigenvalue weighted by molar-refractivity contribution is 0.00239. The van der Waals surface area contributed by atoms with Crippen LogP contribution < -0.4 is 10.5 Å². The number of halogens is 2. The fraction of sp³-hybridized carbons (Fsp3) is 0.455. The summed E-state index contributed by atoms with van der Waals surface area (Å²) in [4.78, 5) is 0. The van der Waals surface area contributed by atoms with Crippen LogP contribution in [0, 0.1) is 0 Å². The fourth-order valence-electron chi connectivity index (χ4n) is 1.24. The quantitative estimate of drug-likeness (QED) is 0.837. The normalized spacial score (nSPS) is 11.9. The van der Waals surface area contributed by atoms with E-state index in [-0.39, 0.29) is 17.4 Å². The Balaban J connectivity index is 3.06. The van der Waals surface area contributed by atoms with Crippen LogP contribution in [0.5, 0.6) is 5.75 Å². The van der Waals surface area contributed by atoms with Crippen molar-refractivity contribution in [2.75, 3.05) is 6.54 Å². The molecule has 0 unspecified atom stereocenters. The summed E-state index contributed by atoms with van der Waals surface area (Å²) in [5.41, 5.74) is 4.88. The van der Waals surface area contributed by atoms with Gasteiger partial charge >= 0.3 is 0 Å². The minimum absolute atomic E-state index is 0.139. The van der Waals surface area contributed by atoms with E-state index in [0.29, 0.717) is 0 Å². The summed E-state index contributed by atoms with van der Waals surface area (Å²) in [5.74, 6) is -2.84. The summed E-state index contributed by atoms with van der Waals surface area (Å²) in [7, 11) is 0. The molecule has 0 aliphatic rings. The Kier molecular flexibility index (Phi) is 3.63. The third-order valence-electron chi connectivity index (χ3n) is 1.90. The monoisotopic (exact) mass is 215 g/mol. The van der Waals surface area contributed by atoms with Crippen molar-refractivity contribution < 1.29 is 13.5 Å². The molecule has 0 radical (unpaired) electrons. The van der Waals surface area contributed by atoms with Crippen molar-refractivity contribution in [3.63, 3.8) is 0 Å². The van der Waals surface area contributed by atoms with Gasteiger partial charge in [0, 0.05) is 0 Å². The van der Waals surface area contributed by atoms with Gasteiger partial charge < -0.3 is 10.5 Å². The van der Waals surface area contributed by atoms with Crippen molar-refractivity contribution in [1.82, 2.24) is 0 Å². The van der Waals surface area contributed by atoms with E-state index < -0.39 is 12.5 Å². The topological polar surface area (TPSA) is 35.2 Å². The third kappa shape index (κ3) is 2.89. The van der Waals surface area contributed by atoms with E-state index in [9.17, 15) is 8.78 Å². The predicted molar refractivity (Wildman–Crippen MR) is 55.2 cm³/mol. The molecule has 0 saturated carbocycles. The molecule has 1 rings (SSSR count). The van der Waals surface area contributed by atoms with Gasteiger partial charge in [0.05, 0.1) is 18.2 Å². The van der Waals surface area contributed by atoms with Crippen molar-refractivity contribution >= 4 is 0 Å². The number of alkyl halides is 2. The summed E-state index contributed by atoms with van der Waals surface area (Å²) in [5, 5.41) is 0. The highest BCUT2D eigenvalue weighted by Gasteiger charge is 2.32. The second-order valence-corrected chi connectivity index (χ2v) is 3.57. The summed E-state index contributed by atoms with van der Waals surface area (Å²) in [6.45, 7) is 2.86. The molecule has 0 heterocycles. The number of hydrogen-bond donors (Lipinski definition) is 1. The summed E-state index contributed by atoms with van der Waals surface area (Å²) < 4.78 is 32.1. The van der Waals surface area contributed by atoms with Crippen LogP contribution in [0.2, 0.25) is 0 Å². The Bertz CT molecular complexity index is 326. The lowest BCUT2D eigenvalue weighted by atomic mass is 10.1. The van der Waals surface area contributed by atoms with Gasteiger partial charge in [0.1, 0.15) is 5.75 Å². The predicted octanol–water partition coefficient (Wildman–Crippen LogP) is 2.52. The highest BCUT2D eigenvalue weighted by atomic mass is 19.3. The zero-order valence-corrected chi connectivity index (χ0v) is 8.84. The zero-order chi connectivity index (χ0) is 11.5. The minimum Gasteiger partial charge on any atom is -0.490 e. The van der Waals surface area contributed by atoms with Gasteiger partial charge in [-0.1, -0.05) is 12.1 Å². The maximum Gasteiger partial charge on any atom is 0.288 e. The molecular weight excluding hydrogens is 200 g/mol. The van der Waals surface area contributed by atoms with E-state index in [1.165, 1.54) is 12.1 Å². The van der Waals surface area contributed by atoms with Crippen molar-refractivity contribution in [2.24, 2.45) is 5.73 Å². The van der Waals surface area contributed by atoms with Crippen LogP contribution in [0.3, 0.4) is 0 Å². The maximum absolute atomic E-state index is 13.4. The third-order valence-corrected chi connectivity index (χ3v) is 1.90. The standard InChI is InChI=1S/C11H15F2NO/c1-8(2)15-10-6-4-3-5-9(10)11(12,13)7-14/h3-6,8H,7,14H2,1-2H3. The second-order valence-electron chi connectivity index (χ2n) is 3.57. The van der Waals surface area contributed by atoms with E-state index >= 15 is 0 Å². The van der Waals surface area contributed by atoms with Gasteiger partial charge in [-0.05, 0) is 26.0 Å². The number of rotatable bonds is 4. The van der Waals surface area contributed by atoms with Gasteiger partial charge in [-0.2, -0.15) is 8.78 Å². The second kappa shape index (κ2) is 4.57. The van der Waals surface area contributed by atoms with Crippen molar-refractivity contribution in [2.45, 2.75) is 25.9 Å². The smallest absolute Gasteiger partial charge is 0.288 e. The van der Waals surface area contributed by atoms with Crippen LogP contribution in [0.25, 0.3) is 0 Å². The van der Waals surface area contributed by atoms with E-state index in [1.54, 1.807) is 26.0 Å². The van der Waals surface area contributed by atoms with E-state index in [2.05, 4.69) is 0 Å². The molecule has 0 amide bonds. The van der Waals surface area contributed by atoms with Crippen molar-refractivity contribution in [1.29, 1.82) is 0 Å². The van der Waals surface area contributed by atoms with Gasteiger partial charge in [0.2, 0.25) is 0 Å². The molecule has 15 heavy (non-hydrogen) atoms. The molecule has 1 aromatic carbocycles. The number of ether oxygens (including phenoxy) is 1. The average molecular weight is 215 g/mol. The average Bonchev–Trinajstić information content (AvgIpc) is 2.17. The Morgan fingerprint density at radius 2 is 1.93 bits per heavy atom. The van der Waals surface area contributed by atoms with Crippen molar-refractivity contribution in [3.8, 4) is 5.75 Å². The van der Waals surface area contributed by atoms with Crippen LogP contribution in [0.4, 0.5) is 8.78 Å². The molecule has 1 aromatic rings. The van der Waals surface area contributed by atoms with Gasteiger partial charge in [0.25, 0.3) is 5.92 Å². The first kappa shape index (κ1) is 11.9. The minimum atomic E-state index is -3.04. The summed E-state index contributed by atoms with van der Waals surface area (Å²) in [6, 6.07) is 6.07. The van der Waals surface area contributed by atoms with E-state index in [0.717, 1.165) is 0 Å². The van der Waals surface area contributed by atoms with Crippen LogP contribution in [0.1, 0.15) is 19.4 Å². The van der Waals surface area contributed by atoms with Gasteiger partial charge in [0.15, 0.2) is 0 Å². The molecule has 0 aliphatic heterocycles. The Labute approximate surface area is 88.0 Å². The Morgan fingerprint density at radius 3 is 2.47 bits per heavy atom. The fourth-order valence-corrected chi connectivity index (χ4v) is 1.24. The van der Waals surface area contributed by atoms with E-state index in [4.69, 9.17) is 10.5 Å². The first-order chi connectivity index (χ1) is 6.97. The summed E-state index contributed by atoms with van der Waals surface area (Å²) in [6.07, 6.45) is -0.139. The molecule has 0 bridgehead atoms. The molecule has 0 atom stereocenters. The van der Waals surface area contributed by atoms with Gasteiger partial charge in [-0.15, -0.1) is 0 Å². The molecule has 4 heteroatoms. The molecule has 84 valence electrons. The molecule has 0 saturated heterocycles. The largest absolute Gasteiger partial charge is 0.490 e. The number of para-hydroxylation sites is 1. The van der Waals surface area contributed by atoms with Crippen LogP contribution in [0.15, 0.2) is 24.3 Å². The van der Waals surface area contributed by atoms with Crippen LogP contribution in [-0.2, 0) is 5.92 Å². The van der Waals surface area contributed by atoms with E-state index in [1.807, 2.05) is 0 Å². The number of hydrogen-bond acceptors (Lipinski definition) is 2. The maximum atomic E-state index is 13.4. The molecule has 2 nitrogen and oxygen atoms in total. The van der Waals surface area contributed by atoms with Crippen LogP contribution >= 0.6 is 0 Å².